The highest BCUT2D eigenvalue weighted by Crippen LogP contribution is 2.31. The fraction of sp³-hybridized carbons (Fsp3) is 0.417. The van der Waals surface area contributed by atoms with Gasteiger partial charge in [0.1, 0.15) is 5.82 Å². The number of halogens is 1. The topological polar surface area (TPSA) is 50.2 Å². The number of benzene rings is 1. The first-order valence-corrected chi connectivity index (χ1v) is 10.6. The Labute approximate surface area is 176 Å². The number of aromatic nitrogens is 2. The molecule has 1 atom stereocenters. The molecule has 2 aromatic heterocycles. The van der Waals surface area contributed by atoms with Crippen LogP contribution in [0.15, 0.2) is 36.8 Å². The molecule has 0 saturated carbocycles. The van der Waals surface area contributed by atoms with Gasteiger partial charge in [-0.15, -0.1) is 0 Å². The van der Waals surface area contributed by atoms with Crippen LogP contribution in [0.3, 0.4) is 0 Å². The molecular formula is C24H29FN4O. The van der Waals surface area contributed by atoms with E-state index in [4.69, 9.17) is 0 Å². The fourth-order valence-electron chi connectivity index (χ4n) is 4.31. The van der Waals surface area contributed by atoms with Crippen LogP contribution in [0.25, 0.3) is 16.6 Å². The molecule has 1 saturated heterocycles. The quantitative estimate of drug-likeness (QED) is 0.691. The van der Waals surface area contributed by atoms with E-state index in [1.165, 1.54) is 23.1 Å². The molecule has 1 aliphatic heterocycles. The van der Waals surface area contributed by atoms with Crippen molar-refractivity contribution in [3.05, 3.63) is 59.3 Å². The molecule has 6 heteroatoms. The summed E-state index contributed by atoms with van der Waals surface area (Å²) < 4.78 is 16.2. The van der Waals surface area contributed by atoms with Crippen LogP contribution in [-0.4, -0.2) is 46.5 Å². The predicted octanol–water partition coefficient (Wildman–Crippen LogP) is 4.11. The molecule has 4 rings (SSSR count). The van der Waals surface area contributed by atoms with E-state index >= 15 is 0 Å². The van der Waals surface area contributed by atoms with Crippen molar-refractivity contribution in [3.63, 3.8) is 0 Å². The number of nitrogens with one attached hydrogen (secondary N) is 1. The van der Waals surface area contributed by atoms with Crippen molar-refractivity contribution in [3.8, 4) is 5.69 Å². The number of rotatable bonds is 5. The number of hydrogen-bond acceptors (Lipinski definition) is 3. The Morgan fingerprint density at radius 3 is 2.87 bits per heavy atom. The summed E-state index contributed by atoms with van der Waals surface area (Å²) in [5.74, 6) is -0.0104. The number of carbonyl (C=O) groups is 1. The van der Waals surface area contributed by atoms with Crippen molar-refractivity contribution in [1.29, 1.82) is 0 Å². The van der Waals surface area contributed by atoms with Gasteiger partial charge < -0.3 is 14.8 Å². The first-order valence-electron chi connectivity index (χ1n) is 10.6. The lowest BCUT2D eigenvalue weighted by molar-refractivity contribution is 0.0754. The molecule has 1 fully saturated rings. The van der Waals surface area contributed by atoms with Crippen LogP contribution in [0, 0.1) is 18.7 Å². The zero-order valence-corrected chi connectivity index (χ0v) is 18.1. The van der Waals surface area contributed by atoms with E-state index < -0.39 is 5.82 Å². The van der Waals surface area contributed by atoms with Crippen LogP contribution < -0.4 is 5.32 Å². The van der Waals surface area contributed by atoms with Crippen LogP contribution in [0.4, 0.5) is 4.39 Å². The predicted molar refractivity (Wildman–Crippen MR) is 118 cm³/mol. The maximum absolute atomic E-state index is 14.1. The summed E-state index contributed by atoms with van der Waals surface area (Å²) in [4.78, 5) is 19.2. The Morgan fingerprint density at radius 2 is 2.17 bits per heavy atom. The largest absolute Gasteiger partial charge is 0.339 e. The molecule has 0 spiro atoms. The van der Waals surface area contributed by atoms with Gasteiger partial charge in [0.2, 0.25) is 0 Å². The molecule has 30 heavy (non-hydrogen) atoms. The van der Waals surface area contributed by atoms with Crippen LogP contribution in [0.5, 0.6) is 0 Å². The number of hydrogen-bond donors (Lipinski definition) is 1. The average Bonchev–Trinajstić information content (AvgIpc) is 3.36. The van der Waals surface area contributed by atoms with E-state index in [1.807, 2.05) is 30.8 Å². The smallest absolute Gasteiger partial charge is 0.256 e. The van der Waals surface area contributed by atoms with Gasteiger partial charge >= 0.3 is 0 Å². The highest BCUT2D eigenvalue weighted by Gasteiger charge is 2.23. The lowest BCUT2D eigenvalue weighted by atomic mass is 9.97. The Balaban J connectivity index is 1.88. The average molecular weight is 409 g/mol. The Hall–Kier alpha value is -2.73. The molecule has 1 amide bonds. The van der Waals surface area contributed by atoms with E-state index in [9.17, 15) is 9.18 Å². The molecule has 1 aliphatic rings. The number of carbonyl (C=O) groups excluding carboxylic acids is 1. The van der Waals surface area contributed by atoms with Crippen molar-refractivity contribution >= 4 is 16.8 Å². The van der Waals surface area contributed by atoms with Gasteiger partial charge in [-0.3, -0.25) is 9.78 Å². The summed E-state index contributed by atoms with van der Waals surface area (Å²) in [5, 5.41) is 4.61. The molecule has 3 heterocycles. The summed E-state index contributed by atoms with van der Waals surface area (Å²) >= 11 is 0. The van der Waals surface area contributed by atoms with Crippen LogP contribution in [-0.2, 0) is 6.42 Å². The minimum atomic E-state index is -0.415. The first kappa shape index (κ1) is 20.5. The summed E-state index contributed by atoms with van der Waals surface area (Å²) in [6.45, 7) is 8.05. The summed E-state index contributed by atoms with van der Waals surface area (Å²) in [7, 11) is 1.75. The zero-order chi connectivity index (χ0) is 21.4. The molecule has 1 N–H and O–H groups in total. The molecule has 5 nitrogen and oxygen atoms in total. The van der Waals surface area contributed by atoms with Crippen molar-refractivity contribution < 1.29 is 9.18 Å². The lowest BCUT2D eigenvalue weighted by Crippen LogP contribution is -2.33. The highest BCUT2D eigenvalue weighted by atomic mass is 19.1. The zero-order valence-electron chi connectivity index (χ0n) is 18.1. The number of fused-ring (bicyclic) bond motifs is 1. The third kappa shape index (κ3) is 3.72. The maximum atomic E-state index is 14.1. The fourth-order valence-corrected chi connectivity index (χ4v) is 4.31. The van der Waals surface area contributed by atoms with E-state index in [1.54, 1.807) is 18.0 Å². The van der Waals surface area contributed by atoms with E-state index in [-0.39, 0.29) is 11.9 Å². The SMILES string of the molecule is Cc1cncc2c1c(CC1CCNC1)cn2-c1ccc(F)cc1C(=O)N(C)C(C)C. The second-order valence-electron chi connectivity index (χ2n) is 8.61. The van der Waals surface area contributed by atoms with Crippen molar-refractivity contribution in [2.75, 3.05) is 20.1 Å². The lowest BCUT2D eigenvalue weighted by Gasteiger charge is -2.23. The summed E-state index contributed by atoms with van der Waals surface area (Å²) in [5.41, 5.74) is 4.35. The van der Waals surface area contributed by atoms with Gasteiger partial charge in [-0.2, -0.15) is 0 Å². The monoisotopic (exact) mass is 408 g/mol. The first-order chi connectivity index (χ1) is 14.4. The number of pyridine rings is 1. The summed E-state index contributed by atoms with van der Waals surface area (Å²) in [6.07, 6.45) is 7.96. The van der Waals surface area contributed by atoms with Gasteiger partial charge in [-0.1, -0.05) is 0 Å². The van der Waals surface area contributed by atoms with Gasteiger partial charge in [0.25, 0.3) is 5.91 Å². The molecule has 1 aromatic carbocycles. The second-order valence-corrected chi connectivity index (χ2v) is 8.61. The normalized spacial score (nSPS) is 16.5. The third-order valence-corrected chi connectivity index (χ3v) is 6.20. The molecule has 3 aromatic rings. The van der Waals surface area contributed by atoms with E-state index in [0.717, 1.165) is 37.0 Å². The van der Waals surface area contributed by atoms with E-state index in [0.29, 0.717) is 17.2 Å². The van der Waals surface area contributed by atoms with Crippen LogP contribution in [0.2, 0.25) is 0 Å². The van der Waals surface area contributed by atoms with Crippen molar-refractivity contribution in [2.45, 2.75) is 39.7 Å². The molecule has 0 bridgehead atoms. The molecular weight excluding hydrogens is 379 g/mol. The maximum Gasteiger partial charge on any atom is 0.256 e. The Bertz CT molecular complexity index is 1080. The molecule has 158 valence electrons. The van der Waals surface area contributed by atoms with Gasteiger partial charge in [-0.05, 0) is 81.9 Å². The minimum absolute atomic E-state index is 0.0179. The van der Waals surface area contributed by atoms with E-state index in [2.05, 4.69) is 23.4 Å². The van der Waals surface area contributed by atoms with Crippen LogP contribution >= 0.6 is 0 Å². The van der Waals surface area contributed by atoms with Gasteiger partial charge in [0.15, 0.2) is 0 Å². The molecule has 0 radical (unpaired) electrons. The number of aryl methyl sites for hydroxylation is 1. The van der Waals surface area contributed by atoms with Gasteiger partial charge in [0, 0.05) is 30.9 Å². The van der Waals surface area contributed by atoms with Crippen molar-refractivity contribution in [1.82, 2.24) is 19.8 Å². The molecule has 0 aliphatic carbocycles. The van der Waals surface area contributed by atoms with Crippen molar-refractivity contribution in [2.24, 2.45) is 5.92 Å². The third-order valence-electron chi connectivity index (χ3n) is 6.20. The standard InChI is InChI=1S/C24H29FN4O/c1-15(2)28(4)24(30)20-10-19(25)5-6-21(20)29-14-18(9-17-7-8-26-12-17)23-16(3)11-27-13-22(23)29/h5-6,10-11,13-15,17,26H,7-9,12H2,1-4H3. The number of amides is 1. The summed E-state index contributed by atoms with van der Waals surface area (Å²) in [6, 6.07) is 4.47. The second kappa shape index (κ2) is 8.19. The number of nitrogens with zero attached hydrogens (tertiary/aromatic N) is 3. The highest BCUT2D eigenvalue weighted by molar-refractivity contribution is 5.99. The Kier molecular flexibility index (Phi) is 5.60. The van der Waals surface area contributed by atoms with Crippen LogP contribution in [0.1, 0.15) is 41.8 Å². The molecule has 1 unspecified atom stereocenters. The Morgan fingerprint density at radius 1 is 1.37 bits per heavy atom. The van der Waals surface area contributed by atoms with Gasteiger partial charge in [0.05, 0.1) is 23.0 Å². The minimum Gasteiger partial charge on any atom is -0.339 e. The van der Waals surface area contributed by atoms with Gasteiger partial charge in [-0.25, -0.2) is 4.39 Å².